The third-order valence-electron chi connectivity index (χ3n) is 2.45. The van der Waals surface area contributed by atoms with Crippen molar-refractivity contribution in [2.45, 2.75) is 0 Å². The van der Waals surface area contributed by atoms with Crippen LogP contribution in [0.4, 0.5) is 17.1 Å². The number of hydrogen-bond donors (Lipinski definition) is 3. The average molecular weight is 262 g/mol. The molecule has 0 aromatic heterocycles. The van der Waals surface area contributed by atoms with E-state index in [-0.39, 0.29) is 0 Å². The number of carbonyl (C=O) groups excluding carboxylic acids is 1. The minimum absolute atomic E-state index is 0.329. The number of hydrogen-bond acceptors (Lipinski definition) is 3. The molecular formula is C13H12ClN3O. The van der Waals surface area contributed by atoms with Gasteiger partial charge in [-0.05, 0) is 30.3 Å². The van der Waals surface area contributed by atoms with Gasteiger partial charge in [-0.25, -0.2) is 0 Å². The topological polar surface area (TPSA) is 81.1 Å². The summed E-state index contributed by atoms with van der Waals surface area (Å²) in [7, 11) is 0. The van der Waals surface area contributed by atoms with Gasteiger partial charge in [-0.3, -0.25) is 4.79 Å². The van der Waals surface area contributed by atoms with Gasteiger partial charge in [-0.2, -0.15) is 0 Å². The fraction of sp³-hybridized carbons (Fsp3) is 0. The number of nitrogen functional groups attached to an aromatic ring is 1. The molecule has 0 spiro atoms. The second-order valence-electron chi connectivity index (χ2n) is 3.77. The van der Waals surface area contributed by atoms with Crippen molar-refractivity contribution in [1.82, 2.24) is 0 Å². The summed E-state index contributed by atoms with van der Waals surface area (Å²) in [6.07, 6.45) is 0. The van der Waals surface area contributed by atoms with E-state index in [1.807, 2.05) is 18.2 Å². The zero-order valence-corrected chi connectivity index (χ0v) is 10.2. The van der Waals surface area contributed by atoms with Crippen molar-refractivity contribution in [2.24, 2.45) is 5.73 Å². The molecule has 0 aliphatic carbocycles. The first kappa shape index (κ1) is 12.3. The molecule has 18 heavy (non-hydrogen) atoms. The van der Waals surface area contributed by atoms with Gasteiger partial charge in [0.25, 0.3) is 5.91 Å². The first-order chi connectivity index (χ1) is 8.58. The molecule has 0 saturated heterocycles. The molecule has 0 aliphatic heterocycles. The fourth-order valence-electron chi connectivity index (χ4n) is 1.58. The molecular weight excluding hydrogens is 250 g/mol. The molecule has 0 aliphatic rings. The second kappa shape index (κ2) is 4.98. The van der Waals surface area contributed by atoms with Crippen molar-refractivity contribution in [3.63, 3.8) is 0 Å². The maximum Gasteiger partial charge on any atom is 0.250 e. The van der Waals surface area contributed by atoms with E-state index in [4.69, 9.17) is 23.1 Å². The number of halogens is 1. The molecule has 0 radical (unpaired) electrons. The molecule has 0 fully saturated rings. The molecule has 0 saturated carbocycles. The number of para-hydroxylation sites is 1. The van der Waals surface area contributed by atoms with E-state index in [9.17, 15) is 4.79 Å². The SMILES string of the molecule is NC(=O)c1cc(N)ccc1Nc1ccccc1Cl. The molecule has 1 amide bonds. The van der Waals surface area contributed by atoms with Crippen molar-refractivity contribution < 1.29 is 4.79 Å². The zero-order valence-electron chi connectivity index (χ0n) is 9.48. The summed E-state index contributed by atoms with van der Waals surface area (Å²) in [5.74, 6) is -0.545. The van der Waals surface area contributed by atoms with E-state index < -0.39 is 5.91 Å². The Balaban J connectivity index is 2.41. The first-order valence-corrected chi connectivity index (χ1v) is 5.66. The minimum atomic E-state index is -0.545. The molecule has 2 rings (SSSR count). The third-order valence-corrected chi connectivity index (χ3v) is 2.78. The standard InChI is InChI=1S/C13H12ClN3O/c14-10-3-1-2-4-12(10)17-11-6-5-8(15)7-9(11)13(16)18/h1-7,17H,15H2,(H2,16,18). The number of rotatable bonds is 3. The molecule has 0 heterocycles. The summed E-state index contributed by atoms with van der Waals surface area (Å²) in [6.45, 7) is 0. The maximum atomic E-state index is 11.3. The van der Waals surface area contributed by atoms with Crippen molar-refractivity contribution in [3.05, 3.63) is 53.1 Å². The van der Waals surface area contributed by atoms with Gasteiger partial charge < -0.3 is 16.8 Å². The van der Waals surface area contributed by atoms with Gasteiger partial charge in [0.1, 0.15) is 0 Å². The monoisotopic (exact) mass is 261 g/mol. The zero-order chi connectivity index (χ0) is 13.1. The maximum absolute atomic E-state index is 11.3. The molecule has 0 bridgehead atoms. The van der Waals surface area contributed by atoms with Crippen LogP contribution in [0.3, 0.4) is 0 Å². The van der Waals surface area contributed by atoms with Gasteiger partial charge in [0, 0.05) is 5.69 Å². The van der Waals surface area contributed by atoms with Crippen molar-refractivity contribution in [1.29, 1.82) is 0 Å². The molecule has 0 unspecified atom stereocenters. The van der Waals surface area contributed by atoms with Crippen molar-refractivity contribution in [3.8, 4) is 0 Å². The highest BCUT2D eigenvalue weighted by molar-refractivity contribution is 6.33. The lowest BCUT2D eigenvalue weighted by molar-refractivity contribution is 0.100. The largest absolute Gasteiger partial charge is 0.399 e. The summed E-state index contributed by atoms with van der Waals surface area (Å²) in [5, 5.41) is 3.62. The van der Waals surface area contributed by atoms with Crippen LogP contribution in [0.5, 0.6) is 0 Å². The van der Waals surface area contributed by atoms with Gasteiger partial charge in [0.15, 0.2) is 0 Å². The number of amides is 1. The number of carbonyl (C=O) groups is 1. The van der Waals surface area contributed by atoms with Gasteiger partial charge in [0.05, 0.1) is 22.0 Å². The Morgan fingerprint density at radius 3 is 2.50 bits per heavy atom. The van der Waals surface area contributed by atoms with Crippen LogP contribution in [0, 0.1) is 0 Å². The normalized spacial score (nSPS) is 10.1. The van der Waals surface area contributed by atoms with Gasteiger partial charge in [-0.15, -0.1) is 0 Å². The lowest BCUT2D eigenvalue weighted by atomic mass is 10.1. The Hall–Kier alpha value is -2.20. The molecule has 92 valence electrons. The number of anilines is 3. The molecule has 2 aromatic rings. The summed E-state index contributed by atoms with van der Waals surface area (Å²) < 4.78 is 0. The van der Waals surface area contributed by atoms with Crippen LogP contribution in [0.15, 0.2) is 42.5 Å². The van der Waals surface area contributed by atoms with Crippen molar-refractivity contribution in [2.75, 3.05) is 11.1 Å². The quantitative estimate of drug-likeness (QED) is 0.743. The van der Waals surface area contributed by atoms with Crippen molar-refractivity contribution >= 4 is 34.6 Å². The highest BCUT2D eigenvalue weighted by Gasteiger charge is 2.09. The Bertz CT molecular complexity index is 599. The van der Waals surface area contributed by atoms with Crippen LogP contribution in [0.25, 0.3) is 0 Å². The summed E-state index contributed by atoms with van der Waals surface area (Å²) in [6, 6.07) is 12.1. The predicted molar refractivity (Wildman–Crippen MR) is 74.1 cm³/mol. The second-order valence-corrected chi connectivity index (χ2v) is 4.18. The predicted octanol–water partition coefficient (Wildman–Crippen LogP) is 2.76. The number of primary amides is 1. The average Bonchev–Trinajstić information content (AvgIpc) is 2.34. The van der Waals surface area contributed by atoms with E-state index in [0.717, 1.165) is 0 Å². The van der Waals surface area contributed by atoms with Crippen LogP contribution in [0.2, 0.25) is 5.02 Å². The van der Waals surface area contributed by atoms with Crippen LogP contribution < -0.4 is 16.8 Å². The Morgan fingerprint density at radius 1 is 1.11 bits per heavy atom. The third kappa shape index (κ3) is 2.55. The van der Waals surface area contributed by atoms with Gasteiger partial charge in [0.2, 0.25) is 0 Å². The van der Waals surface area contributed by atoms with E-state index in [2.05, 4.69) is 5.32 Å². The van der Waals surface area contributed by atoms with Crippen LogP contribution in [-0.2, 0) is 0 Å². The van der Waals surface area contributed by atoms with Crippen LogP contribution in [-0.4, -0.2) is 5.91 Å². The van der Waals surface area contributed by atoms with E-state index in [1.165, 1.54) is 6.07 Å². The molecule has 0 atom stereocenters. The number of benzene rings is 2. The van der Waals surface area contributed by atoms with E-state index in [1.54, 1.807) is 18.2 Å². The van der Waals surface area contributed by atoms with Crippen LogP contribution in [0.1, 0.15) is 10.4 Å². The molecule has 5 heteroatoms. The summed E-state index contributed by atoms with van der Waals surface area (Å²) in [5.41, 5.74) is 13.0. The lowest BCUT2D eigenvalue weighted by Crippen LogP contribution is -2.13. The molecule has 5 N–H and O–H groups in total. The van der Waals surface area contributed by atoms with Gasteiger partial charge in [-0.1, -0.05) is 23.7 Å². The molecule has 2 aromatic carbocycles. The smallest absolute Gasteiger partial charge is 0.250 e. The Morgan fingerprint density at radius 2 is 1.83 bits per heavy atom. The highest BCUT2D eigenvalue weighted by atomic mass is 35.5. The first-order valence-electron chi connectivity index (χ1n) is 5.29. The number of nitrogens with two attached hydrogens (primary N) is 2. The number of nitrogens with one attached hydrogen (secondary N) is 1. The van der Waals surface area contributed by atoms with Crippen LogP contribution >= 0.6 is 11.6 Å². The summed E-state index contributed by atoms with van der Waals surface area (Å²) >= 11 is 6.03. The molecule has 4 nitrogen and oxygen atoms in total. The Labute approximate surface area is 110 Å². The van der Waals surface area contributed by atoms with E-state index >= 15 is 0 Å². The minimum Gasteiger partial charge on any atom is -0.399 e. The van der Waals surface area contributed by atoms with Gasteiger partial charge >= 0.3 is 0 Å². The Kier molecular flexibility index (Phi) is 3.39. The summed E-state index contributed by atoms with van der Waals surface area (Å²) in [4.78, 5) is 11.3. The fourth-order valence-corrected chi connectivity index (χ4v) is 1.77. The lowest BCUT2D eigenvalue weighted by Gasteiger charge is -2.11. The highest BCUT2D eigenvalue weighted by Crippen LogP contribution is 2.27. The van der Waals surface area contributed by atoms with E-state index in [0.29, 0.717) is 27.6 Å².